The molecule has 0 atom stereocenters. The van der Waals surface area contributed by atoms with Crippen molar-refractivity contribution in [3.05, 3.63) is 11.8 Å². The summed E-state index contributed by atoms with van der Waals surface area (Å²) in [7, 11) is 0. The number of aromatic nitrogens is 2. The molecule has 0 aliphatic heterocycles. The first-order chi connectivity index (χ1) is 5.26. The van der Waals surface area contributed by atoms with E-state index in [9.17, 15) is 0 Å². The van der Waals surface area contributed by atoms with Gasteiger partial charge in [-0.3, -0.25) is 0 Å². The highest BCUT2D eigenvalue weighted by molar-refractivity contribution is 7.98. The second-order valence-corrected chi connectivity index (χ2v) is 2.80. The van der Waals surface area contributed by atoms with Crippen LogP contribution in [-0.2, 0) is 0 Å². The van der Waals surface area contributed by atoms with Crippen molar-refractivity contribution in [2.75, 3.05) is 11.7 Å². The second kappa shape index (κ2) is 3.54. The lowest BCUT2D eigenvalue weighted by Crippen LogP contribution is -2.09. The van der Waals surface area contributed by atoms with Crippen LogP contribution in [0.25, 0.3) is 0 Å². The summed E-state index contributed by atoms with van der Waals surface area (Å²) >= 11 is 1.49. The normalized spacial score (nSPS) is 9.73. The Morgan fingerprint density at radius 1 is 1.55 bits per heavy atom. The quantitative estimate of drug-likeness (QED) is 0.297. The maximum Gasteiger partial charge on any atom is 0.189 e. The number of aryl methyl sites for hydroxylation is 1. The van der Waals surface area contributed by atoms with E-state index in [1.807, 2.05) is 13.2 Å². The first kappa shape index (κ1) is 8.29. The van der Waals surface area contributed by atoms with Crippen molar-refractivity contribution in [1.82, 2.24) is 9.97 Å². The molecule has 0 aromatic carbocycles. The van der Waals surface area contributed by atoms with Gasteiger partial charge in [-0.15, -0.1) is 0 Å². The maximum absolute atomic E-state index is 5.19. The summed E-state index contributed by atoms with van der Waals surface area (Å²) in [5.41, 5.74) is 3.39. The predicted octanol–water partition coefficient (Wildman–Crippen LogP) is 0.793. The molecule has 0 aliphatic carbocycles. The highest BCUT2D eigenvalue weighted by atomic mass is 32.2. The second-order valence-electron chi connectivity index (χ2n) is 2.03. The Morgan fingerprint density at radius 3 is 2.82 bits per heavy atom. The van der Waals surface area contributed by atoms with Gasteiger partial charge in [0.1, 0.15) is 5.82 Å². The molecule has 11 heavy (non-hydrogen) atoms. The lowest BCUT2D eigenvalue weighted by Gasteiger charge is -2.01. The van der Waals surface area contributed by atoms with E-state index in [4.69, 9.17) is 5.84 Å². The van der Waals surface area contributed by atoms with Crippen LogP contribution in [0.5, 0.6) is 0 Å². The third-order valence-electron chi connectivity index (χ3n) is 1.16. The number of nitrogen functional groups attached to an aromatic ring is 1. The number of rotatable bonds is 2. The van der Waals surface area contributed by atoms with E-state index < -0.39 is 0 Å². The summed E-state index contributed by atoms with van der Waals surface area (Å²) in [4.78, 5) is 8.24. The topological polar surface area (TPSA) is 63.8 Å². The molecule has 1 rings (SSSR count). The molecule has 0 bridgehead atoms. The lowest BCUT2D eigenvalue weighted by atomic mass is 10.4. The summed E-state index contributed by atoms with van der Waals surface area (Å²) in [5.74, 6) is 5.85. The van der Waals surface area contributed by atoms with Gasteiger partial charge in [-0.05, 0) is 13.2 Å². The van der Waals surface area contributed by atoms with E-state index in [1.54, 1.807) is 6.07 Å². The molecule has 0 aliphatic rings. The molecule has 1 aromatic heterocycles. The summed E-state index contributed by atoms with van der Waals surface area (Å²) in [6, 6.07) is 1.79. The van der Waals surface area contributed by atoms with E-state index in [0.29, 0.717) is 5.82 Å². The SMILES string of the molecule is CSc1nc(C)cc(NN)n1. The van der Waals surface area contributed by atoms with Gasteiger partial charge in [-0.2, -0.15) is 0 Å². The van der Waals surface area contributed by atoms with Crippen LogP contribution in [-0.4, -0.2) is 16.2 Å². The predicted molar refractivity (Wildman–Crippen MR) is 46.4 cm³/mol. The van der Waals surface area contributed by atoms with Crippen molar-refractivity contribution in [1.29, 1.82) is 0 Å². The molecule has 1 aromatic rings. The van der Waals surface area contributed by atoms with Gasteiger partial charge in [-0.1, -0.05) is 11.8 Å². The zero-order valence-corrected chi connectivity index (χ0v) is 7.27. The van der Waals surface area contributed by atoms with Crippen molar-refractivity contribution in [3.8, 4) is 0 Å². The van der Waals surface area contributed by atoms with Crippen molar-refractivity contribution in [3.63, 3.8) is 0 Å². The summed E-state index contributed by atoms with van der Waals surface area (Å²) < 4.78 is 0. The van der Waals surface area contributed by atoms with Gasteiger partial charge in [-0.25, -0.2) is 15.8 Å². The number of thioether (sulfide) groups is 1. The maximum atomic E-state index is 5.19. The van der Waals surface area contributed by atoms with Gasteiger partial charge in [0, 0.05) is 11.8 Å². The molecule has 0 radical (unpaired) electrons. The van der Waals surface area contributed by atoms with Gasteiger partial charge in [0.15, 0.2) is 5.16 Å². The molecule has 0 spiro atoms. The van der Waals surface area contributed by atoms with Crippen molar-refractivity contribution in [2.24, 2.45) is 5.84 Å². The molecular weight excluding hydrogens is 160 g/mol. The minimum absolute atomic E-state index is 0.654. The zero-order valence-electron chi connectivity index (χ0n) is 6.46. The summed E-state index contributed by atoms with van der Waals surface area (Å²) in [6.45, 7) is 1.90. The third-order valence-corrected chi connectivity index (χ3v) is 1.71. The Bertz CT molecular complexity index is 228. The average Bonchev–Trinajstić information content (AvgIpc) is 2.03. The van der Waals surface area contributed by atoms with E-state index in [-0.39, 0.29) is 0 Å². The molecule has 1 heterocycles. The molecular formula is C6H10N4S. The van der Waals surface area contributed by atoms with Gasteiger partial charge in [0.05, 0.1) is 0 Å². The molecule has 4 nitrogen and oxygen atoms in total. The molecule has 3 N–H and O–H groups in total. The Labute approximate surface area is 69.6 Å². The standard InChI is InChI=1S/C6H10N4S/c1-4-3-5(10-7)9-6(8-4)11-2/h3H,7H2,1-2H3,(H,8,9,10). The van der Waals surface area contributed by atoms with Gasteiger partial charge < -0.3 is 5.43 Å². The fourth-order valence-electron chi connectivity index (χ4n) is 0.707. The minimum atomic E-state index is 0.654. The summed E-state index contributed by atoms with van der Waals surface area (Å²) in [5, 5.41) is 0.734. The van der Waals surface area contributed by atoms with Crippen LogP contribution in [0.4, 0.5) is 5.82 Å². The van der Waals surface area contributed by atoms with E-state index in [0.717, 1.165) is 10.9 Å². The number of nitrogens with zero attached hydrogens (tertiary/aromatic N) is 2. The van der Waals surface area contributed by atoms with E-state index in [1.165, 1.54) is 11.8 Å². The van der Waals surface area contributed by atoms with Crippen LogP contribution in [0.1, 0.15) is 5.69 Å². The Hall–Kier alpha value is -0.810. The fraction of sp³-hybridized carbons (Fsp3) is 0.333. The number of hydrazine groups is 1. The highest BCUT2D eigenvalue weighted by Gasteiger charge is 1.97. The first-order valence-corrected chi connectivity index (χ1v) is 4.35. The number of hydrogen-bond acceptors (Lipinski definition) is 5. The van der Waals surface area contributed by atoms with Gasteiger partial charge in [0.25, 0.3) is 0 Å². The van der Waals surface area contributed by atoms with Crippen LogP contribution in [0.2, 0.25) is 0 Å². The van der Waals surface area contributed by atoms with Gasteiger partial charge in [0.2, 0.25) is 0 Å². The van der Waals surface area contributed by atoms with E-state index >= 15 is 0 Å². The number of hydrogen-bond donors (Lipinski definition) is 2. The molecule has 0 saturated heterocycles. The van der Waals surface area contributed by atoms with Crippen LogP contribution in [0.3, 0.4) is 0 Å². The molecule has 0 unspecified atom stereocenters. The van der Waals surface area contributed by atoms with Crippen molar-refractivity contribution in [2.45, 2.75) is 12.1 Å². The largest absolute Gasteiger partial charge is 0.308 e. The molecule has 60 valence electrons. The van der Waals surface area contributed by atoms with Crippen LogP contribution in [0, 0.1) is 6.92 Å². The van der Waals surface area contributed by atoms with Crippen molar-refractivity contribution < 1.29 is 0 Å². The highest BCUT2D eigenvalue weighted by Crippen LogP contribution is 2.12. The molecule has 0 amide bonds. The molecule has 0 fully saturated rings. The molecule has 5 heteroatoms. The van der Waals surface area contributed by atoms with Crippen molar-refractivity contribution >= 4 is 17.6 Å². The van der Waals surface area contributed by atoms with Crippen LogP contribution < -0.4 is 11.3 Å². The Balaban J connectivity index is 3.02. The Kier molecular flexibility index (Phi) is 2.67. The number of anilines is 1. The summed E-state index contributed by atoms with van der Waals surface area (Å²) in [6.07, 6.45) is 1.93. The molecule has 0 saturated carbocycles. The van der Waals surface area contributed by atoms with E-state index in [2.05, 4.69) is 15.4 Å². The van der Waals surface area contributed by atoms with Crippen LogP contribution in [0.15, 0.2) is 11.2 Å². The van der Waals surface area contributed by atoms with Gasteiger partial charge >= 0.3 is 0 Å². The average molecular weight is 170 g/mol. The van der Waals surface area contributed by atoms with Crippen LogP contribution >= 0.6 is 11.8 Å². The number of nitrogens with two attached hydrogens (primary N) is 1. The Morgan fingerprint density at radius 2 is 2.27 bits per heavy atom. The monoisotopic (exact) mass is 170 g/mol. The zero-order chi connectivity index (χ0) is 8.27. The smallest absolute Gasteiger partial charge is 0.189 e. The fourth-order valence-corrected chi connectivity index (χ4v) is 1.13. The third kappa shape index (κ3) is 2.06. The number of nitrogens with one attached hydrogen (secondary N) is 1. The lowest BCUT2D eigenvalue weighted by molar-refractivity contribution is 0.933. The minimum Gasteiger partial charge on any atom is -0.308 e. The first-order valence-electron chi connectivity index (χ1n) is 3.12.